The van der Waals surface area contributed by atoms with Crippen LogP contribution in [0.2, 0.25) is 10.0 Å². The molecule has 2 N–H and O–H groups in total. The molecule has 0 fully saturated rings. The number of esters is 1. The second kappa shape index (κ2) is 10.4. The lowest BCUT2D eigenvalue weighted by molar-refractivity contribution is -0.136. The highest BCUT2D eigenvalue weighted by Crippen LogP contribution is 2.20. The van der Waals surface area contributed by atoms with Gasteiger partial charge < -0.3 is 10.1 Å². The van der Waals surface area contributed by atoms with Gasteiger partial charge in [-0.05, 0) is 54.1 Å². The fourth-order valence-corrected chi connectivity index (χ4v) is 2.68. The molecule has 3 aromatic rings. The van der Waals surface area contributed by atoms with Gasteiger partial charge in [0.1, 0.15) is 5.75 Å². The quantitative estimate of drug-likeness (QED) is 0.197. The van der Waals surface area contributed by atoms with Crippen LogP contribution in [0.1, 0.15) is 15.9 Å². The van der Waals surface area contributed by atoms with E-state index in [0.29, 0.717) is 26.9 Å². The molecule has 0 aliphatic rings. The number of amides is 2. The van der Waals surface area contributed by atoms with Gasteiger partial charge in [0.05, 0.1) is 22.5 Å². The Morgan fingerprint density at radius 3 is 2.35 bits per heavy atom. The van der Waals surface area contributed by atoms with Crippen LogP contribution in [0.5, 0.6) is 5.75 Å². The van der Waals surface area contributed by atoms with E-state index in [1.807, 2.05) is 0 Å². The molecule has 0 radical (unpaired) electrons. The zero-order valence-corrected chi connectivity index (χ0v) is 17.4. The van der Waals surface area contributed by atoms with Gasteiger partial charge in [-0.1, -0.05) is 47.5 Å². The lowest BCUT2D eigenvalue weighted by Crippen LogP contribution is -2.32. The zero-order valence-electron chi connectivity index (χ0n) is 15.8. The lowest BCUT2D eigenvalue weighted by Gasteiger charge is -2.06. The van der Waals surface area contributed by atoms with E-state index in [1.165, 1.54) is 6.21 Å². The standard InChI is InChI=1S/C22H15Cl2N3O4/c23-16-10-8-15(9-11-16)22(30)31-17-5-3-4-14(12-17)13-25-27-21(29)20(28)26-19-7-2-1-6-18(19)24/h1-13H,(H,26,28)(H,27,29)/b25-13-. The number of ether oxygens (including phenoxy) is 1. The molecule has 0 unspecified atom stereocenters. The summed E-state index contributed by atoms with van der Waals surface area (Å²) in [5.41, 5.74) is 3.31. The maximum atomic E-state index is 12.2. The average molecular weight is 456 g/mol. The van der Waals surface area contributed by atoms with E-state index in [1.54, 1.807) is 72.8 Å². The third kappa shape index (κ3) is 6.40. The number of carbonyl (C=O) groups excluding carboxylic acids is 3. The molecule has 0 aliphatic heterocycles. The number of hydrogen-bond donors (Lipinski definition) is 2. The Bertz CT molecular complexity index is 1150. The van der Waals surface area contributed by atoms with Crippen molar-refractivity contribution in [2.75, 3.05) is 5.32 Å². The van der Waals surface area contributed by atoms with E-state index >= 15 is 0 Å². The van der Waals surface area contributed by atoms with Gasteiger partial charge in [-0.3, -0.25) is 9.59 Å². The van der Waals surface area contributed by atoms with Crippen LogP contribution in [0.4, 0.5) is 5.69 Å². The average Bonchev–Trinajstić information content (AvgIpc) is 2.76. The number of para-hydroxylation sites is 1. The van der Waals surface area contributed by atoms with Crippen LogP contribution in [0.3, 0.4) is 0 Å². The van der Waals surface area contributed by atoms with Crippen LogP contribution in [0.25, 0.3) is 0 Å². The number of nitrogens with zero attached hydrogens (tertiary/aromatic N) is 1. The number of anilines is 1. The van der Waals surface area contributed by atoms with Crippen LogP contribution >= 0.6 is 23.2 Å². The highest BCUT2D eigenvalue weighted by molar-refractivity contribution is 6.41. The van der Waals surface area contributed by atoms with E-state index < -0.39 is 17.8 Å². The fourth-order valence-electron chi connectivity index (χ4n) is 2.37. The SMILES string of the molecule is O=C(N/N=C\c1cccc(OC(=O)c2ccc(Cl)cc2)c1)C(=O)Nc1ccccc1Cl. The number of hydrazone groups is 1. The maximum Gasteiger partial charge on any atom is 0.343 e. The molecule has 156 valence electrons. The predicted octanol–water partition coefficient (Wildman–Crippen LogP) is 4.30. The van der Waals surface area contributed by atoms with Gasteiger partial charge in [0.25, 0.3) is 0 Å². The number of halogens is 2. The van der Waals surface area contributed by atoms with E-state index in [4.69, 9.17) is 27.9 Å². The van der Waals surface area contributed by atoms with Crippen molar-refractivity contribution >= 4 is 52.9 Å². The van der Waals surface area contributed by atoms with Gasteiger partial charge in [-0.2, -0.15) is 5.10 Å². The highest BCUT2D eigenvalue weighted by Gasteiger charge is 2.14. The summed E-state index contributed by atoms with van der Waals surface area (Å²) < 4.78 is 5.32. The van der Waals surface area contributed by atoms with Gasteiger partial charge in [0, 0.05) is 5.02 Å². The highest BCUT2D eigenvalue weighted by atomic mass is 35.5. The fraction of sp³-hybridized carbons (Fsp3) is 0. The first kappa shape index (κ1) is 22.0. The largest absolute Gasteiger partial charge is 0.423 e. The summed E-state index contributed by atoms with van der Waals surface area (Å²) >= 11 is 11.7. The molecule has 0 saturated heterocycles. The van der Waals surface area contributed by atoms with Crippen LogP contribution < -0.4 is 15.5 Å². The Morgan fingerprint density at radius 1 is 0.871 bits per heavy atom. The number of nitrogens with one attached hydrogen (secondary N) is 2. The van der Waals surface area contributed by atoms with Crippen molar-refractivity contribution in [2.45, 2.75) is 0 Å². The normalized spacial score (nSPS) is 10.5. The van der Waals surface area contributed by atoms with Crippen LogP contribution in [0.15, 0.2) is 77.9 Å². The minimum atomic E-state index is -0.971. The molecule has 0 saturated carbocycles. The first-order chi connectivity index (χ1) is 14.9. The Balaban J connectivity index is 1.57. The molecular weight excluding hydrogens is 441 g/mol. The van der Waals surface area contributed by atoms with Gasteiger partial charge in [0.15, 0.2) is 0 Å². The summed E-state index contributed by atoms with van der Waals surface area (Å²) in [5, 5.41) is 6.94. The Hall–Kier alpha value is -3.68. The molecule has 0 heterocycles. The summed E-state index contributed by atoms with van der Waals surface area (Å²) in [5.74, 6) is -2.15. The Kier molecular flexibility index (Phi) is 7.37. The van der Waals surface area contributed by atoms with E-state index in [-0.39, 0.29) is 5.75 Å². The van der Waals surface area contributed by atoms with Crippen LogP contribution in [-0.2, 0) is 9.59 Å². The smallest absolute Gasteiger partial charge is 0.343 e. The molecule has 31 heavy (non-hydrogen) atoms. The van der Waals surface area contributed by atoms with Crippen molar-refractivity contribution in [3.63, 3.8) is 0 Å². The van der Waals surface area contributed by atoms with Crippen molar-refractivity contribution in [3.8, 4) is 5.75 Å². The molecular formula is C22H15Cl2N3O4. The molecule has 7 nitrogen and oxygen atoms in total. The van der Waals surface area contributed by atoms with Gasteiger partial charge in [0.2, 0.25) is 0 Å². The van der Waals surface area contributed by atoms with Crippen LogP contribution in [0, 0.1) is 0 Å². The lowest BCUT2D eigenvalue weighted by atomic mass is 10.2. The van der Waals surface area contributed by atoms with Gasteiger partial charge in [-0.15, -0.1) is 0 Å². The summed E-state index contributed by atoms with van der Waals surface area (Å²) in [7, 11) is 0. The second-order valence-electron chi connectivity index (χ2n) is 6.10. The second-order valence-corrected chi connectivity index (χ2v) is 6.95. The molecule has 3 rings (SSSR count). The maximum absolute atomic E-state index is 12.2. The molecule has 3 aromatic carbocycles. The Labute approximate surface area is 187 Å². The minimum absolute atomic E-state index is 0.284. The number of benzene rings is 3. The first-order valence-electron chi connectivity index (χ1n) is 8.89. The third-order valence-corrected chi connectivity index (χ3v) is 4.44. The number of rotatable bonds is 5. The van der Waals surface area contributed by atoms with Crippen molar-refractivity contribution < 1.29 is 19.1 Å². The molecule has 0 bridgehead atoms. The van der Waals surface area contributed by atoms with Crippen LogP contribution in [-0.4, -0.2) is 24.0 Å². The summed E-state index contributed by atoms with van der Waals surface area (Å²) in [6.45, 7) is 0. The zero-order chi connectivity index (χ0) is 22.2. The molecule has 0 atom stereocenters. The van der Waals surface area contributed by atoms with Crippen molar-refractivity contribution in [1.29, 1.82) is 0 Å². The van der Waals surface area contributed by atoms with E-state index in [9.17, 15) is 14.4 Å². The van der Waals surface area contributed by atoms with Gasteiger partial charge >= 0.3 is 17.8 Å². The molecule has 0 aliphatic carbocycles. The van der Waals surface area contributed by atoms with Crippen molar-refractivity contribution in [3.05, 3.63) is 94.0 Å². The molecule has 0 spiro atoms. The predicted molar refractivity (Wildman–Crippen MR) is 119 cm³/mol. The molecule has 9 heteroatoms. The summed E-state index contributed by atoms with van der Waals surface area (Å²) in [6, 6.07) is 19.3. The first-order valence-corrected chi connectivity index (χ1v) is 9.65. The van der Waals surface area contributed by atoms with E-state index in [0.717, 1.165) is 0 Å². The summed E-state index contributed by atoms with van der Waals surface area (Å²) in [6.07, 6.45) is 1.31. The number of carbonyl (C=O) groups is 3. The molecule has 0 aromatic heterocycles. The van der Waals surface area contributed by atoms with Crippen molar-refractivity contribution in [2.24, 2.45) is 5.10 Å². The Morgan fingerprint density at radius 2 is 1.61 bits per heavy atom. The van der Waals surface area contributed by atoms with E-state index in [2.05, 4.69) is 15.8 Å². The molecule has 2 amide bonds. The summed E-state index contributed by atoms with van der Waals surface area (Å²) in [4.78, 5) is 36.0. The number of hydrogen-bond acceptors (Lipinski definition) is 5. The van der Waals surface area contributed by atoms with Crippen molar-refractivity contribution in [1.82, 2.24) is 5.43 Å². The third-order valence-electron chi connectivity index (χ3n) is 3.86. The minimum Gasteiger partial charge on any atom is -0.423 e. The topological polar surface area (TPSA) is 96.9 Å². The monoisotopic (exact) mass is 455 g/mol. The van der Waals surface area contributed by atoms with Gasteiger partial charge in [-0.25, -0.2) is 10.2 Å².